The molecular weight excluding hydrogens is 205 g/mol. The van der Waals surface area contributed by atoms with Gasteiger partial charge in [0.1, 0.15) is 0 Å². The second kappa shape index (κ2) is 3.84. The molecule has 1 nitrogen and oxygen atoms in total. The van der Waals surface area contributed by atoms with Gasteiger partial charge in [0.05, 0.1) is 0 Å². The van der Waals surface area contributed by atoms with Crippen molar-refractivity contribution in [2.45, 2.75) is 25.1 Å². The molecule has 0 heterocycles. The predicted molar refractivity (Wildman–Crippen MR) is 43.3 cm³/mol. The summed E-state index contributed by atoms with van der Waals surface area (Å²) in [7, 11) is 1.91. The van der Waals surface area contributed by atoms with Crippen LogP contribution < -0.4 is 0 Å². The van der Waals surface area contributed by atoms with Gasteiger partial charge in [0.25, 0.3) is 5.92 Å². The van der Waals surface area contributed by atoms with Crippen LogP contribution in [-0.4, -0.2) is 37.1 Å². The topological polar surface area (TPSA) is 3.24 Å². The molecule has 0 rings (SSSR count). The Balaban J connectivity index is 5.13. The van der Waals surface area contributed by atoms with Gasteiger partial charge in [0, 0.05) is 0 Å². The van der Waals surface area contributed by atoms with Crippen LogP contribution in [0.25, 0.3) is 0 Å². The first-order valence-corrected chi connectivity index (χ1v) is 3.78. The van der Waals surface area contributed by atoms with E-state index in [0.717, 1.165) is 21.0 Å². The molecule has 0 aliphatic rings. The van der Waals surface area contributed by atoms with E-state index >= 15 is 0 Å². The molecular formula is C8H12F5N. The fraction of sp³-hybridized carbons (Fsp3) is 0.750. The van der Waals surface area contributed by atoms with Crippen LogP contribution in [0.2, 0.25) is 0 Å². The number of hydrogen-bond donors (Lipinski definition) is 0. The van der Waals surface area contributed by atoms with E-state index in [0.29, 0.717) is 4.90 Å². The fourth-order valence-electron chi connectivity index (χ4n) is 1.06. The van der Waals surface area contributed by atoms with Gasteiger partial charge in [-0.15, -0.1) is 0 Å². The van der Waals surface area contributed by atoms with Gasteiger partial charge in [-0.3, -0.25) is 4.90 Å². The van der Waals surface area contributed by atoms with E-state index in [9.17, 15) is 22.0 Å². The zero-order valence-corrected chi connectivity index (χ0v) is 8.12. The molecule has 0 aliphatic carbocycles. The molecule has 1 unspecified atom stereocenters. The van der Waals surface area contributed by atoms with Crippen molar-refractivity contribution < 1.29 is 22.0 Å². The Bertz CT molecular complexity index is 218. The van der Waals surface area contributed by atoms with Crippen molar-refractivity contribution in [2.24, 2.45) is 0 Å². The lowest BCUT2D eigenvalue weighted by Crippen LogP contribution is -2.54. The van der Waals surface area contributed by atoms with Crippen LogP contribution in [0.3, 0.4) is 0 Å². The van der Waals surface area contributed by atoms with Crippen LogP contribution in [0.5, 0.6) is 0 Å². The number of hydrogen-bond acceptors (Lipinski definition) is 1. The van der Waals surface area contributed by atoms with Crippen molar-refractivity contribution in [1.29, 1.82) is 0 Å². The summed E-state index contributed by atoms with van der Waals surface area (Å²) in [6, 6.07) is -2.83. The molecule has 14 heavy (non-hydrogen) atoms. The molecule has 0 radical (unpaired) electrons. The fourth-order valence-corrected chi connectivity index (χ4v) is 1.06. The van der Waals surface area contributed by atoms with Gasteiger partial charge >= 0.3 is 6.18 Å². The van der Waals surface area contributed by atoms with Crippen LogP contribution in [0, 0.1) is 0 Å². The second-order valence-corrected chi connectivity index (χ2v) is 3.31. The average molecular weight is 217 g/mol. The molecule has 0 aromatic heterocycles. The maximum absolute atomic E-state index is 13.1. The summed E-state index contributed by atoms with van der Waals surface area (Å²) in [5, 5.41) is 0. The zero-order valence-electron chi connectivity index (χ0n) is 8.12. The van der Waals surface area contributed by atoms with Gasteiger partial charge in [0.15, 0.2) is 6.04 Å². The van der Waals surface area contributed by atoms with Crippen molar-refractivity contribution in [3.8, 4) is 0 Å². The lowest BCUT2D eigenvalue weighted by molar-refractivity contribution is -0.229. The maximum atomic E-state index is 13.1. The molecule has 6 heteroatoms. The standard InChI is InChI=1S/C8H12F5N/c1-5(2)7(9,10)6(14(3)4)8(11,12)13/h6H,1H2,2-4H3. The molecule has 84 valence electrons. The van der Waals surface area contributed by atoms with Crippen LogP contribution >= 0.6 is 0 Å². The molecule has 0 N–H and O–H groups in total. The Labute approximate surface area is 79.2 Å². The quantitative estimate of drug-likeness (QED) is 0.519. The lowest BCUT2D eigenvalue weighted by Gasteiger charge is -2.33. The molecule has 0 aliphatic heterocycles. The summed E-state index contributed by atoms with van der Waals surface area (Å²) in [5.41, 5.74) is -0.798. The molecule has 0 saturated heterocycles. The lowest BCUT2D eigenvalue weighted by atomic mass is 10.0. The molecule has 0 aromatic carbocycles. The van der Waals surface area contributed by atoms with Gasteiger partial charge in [0.2, 0.25) is 0 Å². The summed E-state index contributed by atoms with van der Waals surface area (Å²) in [5.74, 6) is -3.97. The van der Waals surface area contributed by atoms with E-state index in [2.05, 4.69) is 6.58 Å². The van der Waals surface area contributed by atoms with Gasteiger partial charge in [-0.1, -0.05) is 6.58 Å². The van der Waals surface area contributed by atoms with Crippen molar-refractivity contribution >= 4 is 0 Å². The summed E-state index contributed by atoms with van der Waals surface area (Å²) in [6.07, 6.45) is -4.98. The van der Waals surface area contributed by atoms with Crippen molar-refractivity contribution in [3.63, 3.8) is 0 Å². The van der Waals surface area contributed by atoms with E-state index in [1.165, 1.54) is 0 Å². The first-order chi connectivity index (χ1) is 6.01. The third-order valence-corrected chi connectivity index (χ3v) is 1.74. The molecule has 1 atom stereocenters. The largest absolute Gasteiger partial charge is 0.410 e. The minimum Gasteiger partial charge on any atom is -0.293 e. The summed E-state index contributed by atoms with van der Waals surface area (Å²) < 4.78 is 63.0. The second-order valence-electron chi connectivity index (χ2n) is 3.31. The van der Waals surface area contributed by atoms with E-state index in [4.69, 9.17) is 0 Å². The Morgan fingerprint density at radius 3 is 1.57 bits per heavy atom. The normalized spacial score (nSPS) is 15.8. The summed E-state index contributed by atoms with van der Waals surface area (Å²) >= 11 is 0. The summed E-state index contributed by atoms with van der Waals surface area (Å²) in [6.45, 7) is 3.74. The van der Waals surface area contributed by atoms with Gasteiger partial charge in [-0.25, -0.2) is 0 Å². The number of nitrogens with zero attached hydrogens (tertiary/aromatic N) is 1. The molecule has 0 bridgehead atoms. The number of rotatable bonds is 3. The summed E-state index contributed by atoms with van der Waals surface area (Å²) in [4.78, 5) is 0.439. The van der Waals surface area contributed by atoms with E-state index in [-0.39, 0.29) is 0 Å². The minimum absolute atomic E-state index is 0.439. The Morgan fingerprint density at radius 1 is 1.14 bits per heavy atom. The van der Waals surface area contributed by atoms with Gasteiger partial charge < -0.3 is 0 Å². The number of halogens is 5. The average Bonchev–Trinajstić information content (AvgIpc) is 1.79. The smallest absolute Gasteiger partial charge is 0.293 e. The van der Waals surface area contributed by atoms with Gasteiger partial charge in [-0.05, 0) is 26.6 Å². The highest BCUT2D eigenvalue weighted by Crippen LogP contribution is 2.38. The number of alkyl halides is 5. The van der Waals surface area contributed by atoms with Crippen LogP contribution in [0.1, 0.15) is 6.92 Å². The highest BCUT2D eigenvalue weighted by molar-refractivity contribution is 5.11. The first-order valence-electron chi connectivity index (χ1n) is 3.78. The van der Waals surface area contributed by atoms with Crippen LogP contribution in [0.15, 0.2) is 12.2 Å². The van der Waals surface area contributed by atoms with Crippen molar-refractivity contribution in [2.75, 3.05) is 14.1 Å². The molecule has 0 spiro atoms. The predicted octanol–water partition coefficient (Wildman–Crippen LogP) is 2.69. The minimum atomic E-state index is -4.98. The molecule has 0 fully saturated rings. The monoisotopic (exact) mass is 217 g/mol. The van der Waals surface area contributed by atoms with Crippen LogP contribution in [0.4, 0.5) is 22.0 Å². The SMILES string of the molecule is C=C(C)C(F)(F)C(N(C)C)C(F)(F)F. The van der Waals surface area contributed by atoms with Crippen molar-refractivity contribution in [3.05, 3.63) is 12.2 Å². The highest BCUT2D eigenvalue weighted by Gasteiger charge is 2.57. The maximum Gasteiger partial charge on any atom is 0.410 e. The van der Waals surface area contributed by atoms with E-state index in [1.807, 2.05) is 0 Å². The van der Waals surface area contributed by atoms with E-state index in [1.54, 1.807) is 0 Å². The Kier molecular flexibility index (Phi) is 3.66. The van der Waals surface area contributed by atoms with Crippen LogP contribution in [-0.2, 0) is 0 Å². The molecule has 0 amide bonds. The van der Waals surface area contributed by atoms with E-state index < -0.39 is 23.7 Å². The Hall–Kier alpha value is -0.650. The van der Waals surface area contributed by atoms with Crippen molar-refractivity contribution in [1.82, 2.24) is 4.90 Å². The third-order valence-electron chi connectivity index (χ3n) is 1.74. The van der Waals surface area contributed by atoms with Gasteiger partial charge in [-0.2, -0.15) is 22.0 Å². The zero-order chi connectivity index (χ0) is 11.7. The third kappa shape index (κ3) is 2.67. The Morgan fingerprint density at radius 2 is 1.50 bits per heavy atom. The molecule has 0 aromatic rings. The molecule has 0 saturated carbocycles. The first kappa shape index (κ1) is 13.4. The highest BCUT2D eigenvalue weighted by atomic mass is 19.4.